The third kappa shape index (κ3) is 3.06. The second kappa shape index (κ2) is 6.73. The van der Waals surface area contributed by atoms with Crippen molar-refractivity contribution in [2.75, 3.05) is 6.54 Å². The summed E-state index contributed by atoms with van der Waals surface area (Å²) in [5.41, 5.74) is 3.65. The summed E-state index contributed by atoms with van der Waals surface area (Å²) in [4.78, 5) is 7.11. The molecule has 1 aliphatic rings. The molecule has 1 aromatic carbocycles. The van der Waals surface area contributed by atoms with E-state index in [-0.39, 0.29) is 0 Å². The number of pyridine rings is 1. The lowest BCUT2D eigenvalue weighted by molar-refractivity contribution is 0.188. The summed E-state index contributed by atoms with van der Waals surface area (Å²) in [5, 5.41) is 5.96. The molecule has 0 N–H and O–H groups in total. The molecule has 0 bridgehead atoms. The van der Waals surface area contributed by atoms with Crippen molar-refractivity contribution in [1.82, 2.24) is 19.7 Å². The molecule has 1 fully saturated rings. The highest BCUT2D eigenvalue weighted by Crippen LogP contribution is 2.31. The van der Waals surface area contributed by atoms with Crippen molar-refractivity contribution < 1.29 is 0 Å². The van der Waals surface area contributed by atoms with Crippen LogP contribution in [0.4, 0.5) is 0 Å². The molecule has 1 atom stereocenters. The quantitative estimate of drug-likeness (QED) is 0.729. The third-order valence-corrected chi connectivity index (χ3v) is 5.05. The van der Waals surface area contributed by atoms with Crippen LogP contribution in [0, 0.1) is 0 Å². The maximum Gasteiger partial charge on any atom is 0.0796 e. The van der Waals surface area contributed by atoms with Gasteiger partial charge in [-0.1, -0.05) is 31.0 Å². The molecule has 0 saturated carbocycles. The van der Waals surface area contributed by atoms with Gasteiger partial charge in [-0.05, 0) is 43.1 Å². The summed E-state index contributed by atoms with van der Waals surface area (Å²) < 4.78 is 1.92. The Bertz CT molecular complexity index is 818. The number of aromatic nitrogens is 3. The number of hydrogen-bond acceptors (Lipinski definition) is 3. The van der Waals surface area contributed by atoms with E-state index in [0.29, 0.717) is 6.04 Å². The van der Waals surface area contributed by atoms with Gasteiger partial charge in [0.1, 0.15) is 0 Å². The van der Waals surface area contributed by atoms with Crippen molar-refractivity contribution in [2.45, 2.75) is 38.3 Å². The van der Waals surface area contributed by atoms with Gasteiger partial charge in [0, 0.05) is 31.4 Å². The molecule has 4 rings (SSSR count). The van der Waals surface area contributed by atoms with E-state index >= 15 is 0 Å². The summed E-state index contributed by atoms with van der Waals surface area (Å²) in [6.45, 7) is 2.10. The molecule has 4 heteroatoms. The monoisotopic (exact) mass is 320 g/mol. The van der Waals surface area contributed by atoms with Gasteiger partial charge in [-0.3, -0.25) is 14.6 Å². The van der Waals surface area contributed by atoms with E-state index < -0.39 is 0 Å². The molecule has 2 aromatic heterocycles. The van der Waals surface area contributed by atoms with Crippen LogP contribution in [0.1, 0.15) is 43.0 Å². The fraction of sp³-hybridized carbons (Fsp3) is 0.400. The van der Waals surface area contributed by atoms with Gasteiger partial charge in [-0.25, -0.2) is 0 Å². The van der Waals surface area contributed by atoms with Crippen molar-refractivity contribution in [1.29, 1.82) is 0 Å². The van der Waals surface area contributed by atoms with Crippen LogP contribution >= 0.6 is 0 Å². The van der Waals surface area contributed by atoms with Gasteiger partial charge in [0.15, 0.2) is 0 Å². The van der Waals surface area contributed by atoms with Crippen LogP contribution in [0.15, 0.2) is 48.8 Å². The van der Waals surface area contributed by atoms with E-state index in [1.165, 1.54) is 42.3 Å². The van der Waals surface area contributed by atoms with Crippen molar-refractivity contribution in [3.8, 4) is 0 Å². The highest BCUT2D eigenvalue weighted by atomic mass is 15.3. The zero-order chi connectivity index (χ0) is 16.4. The van der Waals surface area contributed by atoms with Gasteiger partial charge in [-0.2, -0.15) is 5.10 Å². The predicted molar refractivity (Wildman–Crippen MR) is 96.6 cm³/mol. The predicted octanol–water partition coefficient (Wildman–Crippen LogP) is 4.09. The van der Waals surface area contributed by atoms with E-state index in [4.69, 9.17) is 5.10 Å². The SMILES string of the molecule is Cn1ccc([C@H]2CCCCCN2Cc2ccnc3ccccc23)n1. The minimum Gasteiger partial charge on any atom is -0.290 e. The van der Waals surface area contributed by atoms with Gasteiger partial charge < -0.3 is 0 Å². The number of nitrogens with zero attached hydrogens (tertiary/aromatic N) is 4. The van der Waals surface area contributed by atoms with Crippen LogP contribution in [0.3, 0.4) is 0 Å². The minimum atomic E-state index is 0.417. The second-order valence-corrected chi connectivity index (χ2v) is 6.74. The molecule has 3 heterocycles. The summed E-state index contributed by atoms with van der Waals surface area (Å²) in [6, 6.07) is 13.2. The molecule has 4 nitrogen and oxygen atoms in total. The fourth-order valence-corrected chi connectivity index (χ4v) is 3.81. The first-order valence-corrected chi connectivity index (χ1v) is 8.87. The van der Waals surface area contributed by atoms with E-state index in [1.54, 1.807) is 0 Å². The van der Waals surface area contributed by atoms with Crippen molar-refractivity contribution >= 4 is 10.9 Å². The lowest BCUT2D eigenvalue weighted by atomic mass is 10.0. The molecule has 124 valence electrons. The molecule has 0 aliphatic carbocycles. The molecule has 24 heavy (non-hydrogen) atoms. The number of hydrogen-bond donors (Lipinski definition) is 0. The molecule has 0 spiro atoms. The van der Waals surface area contributed by atoms with Crippen molar-refractivity contribution in [2.24, 2.45) is 7.05 Å². The highest BCUT2D eigenvalue weighted by molar-refractivity contribution is 5.81. The Morgan fingerprint density at radius 2 is 2.00 bits per heavy atom. The molecular weight excluding hydrogens is 296 g/mol. The smallest absolute Gasteiger partial charge is 0.0796 e. The van der Waals surface area contributed by atoms with E-state index in [2.05, 4.69) is 52.5 Å². The maximum atomic E-state index is 4.69. The van der Waals surface area contributed by atoms with Gasteiger partial charge >= 0.3 is 0 Å². The Balaban J connectivity index is 1.66. The van der Waals surface area contributed by atoms with Crippen LogP contribution in [0.25, 0.3) is 10.9 Å². The number of likely N-dealkylation sites (tertiary alicyclic amines) is 1. The minimum absolute atomic E-state index is 0.417. The highest BCUT2D eigenvalue weighted by Gasteiger charge is 2.25. The van der Waals surface area contributed by atoms with Crippen LogP contribution < -0.4 is 0 Å². The molecule has 0 radical (unpaired) electrons. The third-order valence-electron chi connectivity index (χ3n) is 5.05. The summed E-state index contributed by atoms with van der Waals surface area (Å²) in [6.07, 6.45) is 9.06. The van der Waals surface area contributed by atoms with Crippen LogP contribution in [-0.4, -0.2) is 26.2 Å². The van der Waals surface area contributed by atoms with Gasteiger partial charge in [-0.15, -0.1) is 0 Å². The Morgan fingerprint density at radius 3 is 2.88 bits per heavy atom. The molecule has 0 unspecified atom stereocenters. The summed E-state index contributed by atoms with van der Waals surface area (Å²) >= 11 is 0. The zero-order valence-corrected chi connectivity index (χ0v) is 14.2. The first-order chi connectivity index (χ1) is 11.8. The lowest BCUT2D eigenvalue weighted by Gasteiger charge is -2.29. The number of benzene rings is 1. The summed E-state index contributed by atoms with van der Waals surface area (Å²) in [5.74, 6) is 0. The largest absolute Gasteiger partial charge is 0.290 e. The average Bonchev–Trinajstić information content (AvgIpc) is 2.90. The first kappa shape index (κ1) is 15.3. The van der Waals surface area contributed by atoms with Crippen molar-refractivity contribution in [3.63, 3.8) is 0 Å². The Hall–Kier alpha value is -2.20. The fourth-order valence-electron chi connectivity index (χ4n) is 3.81. The maximum absolute atomic E-state index is 4.69. The standard InChI is InChI=1S/C20H24N4/c1-23-14-11-19(22-23)20-9-3-2-6-13-24(20)15-16-10-12-21-18-8-5-4-7-17(16)18/h4-5,7-8,10-12,14,20H,2-3,6,9,13,15H2,1H3/t20-/m1/s1. The van der Waals surface area contributed by atoms with Crippen LogP contribution in [0.5, 0.6) is 0 Å². The Kier molecular flexibility index (Phi) is 4.30. The van der Waals surface area contributed by atoms with Crippen LogP contribution in [-0.2, 0) is 13.6 Å². The average molecular weight is 320 g/mol. The molecular formula is C20H24N4. The van der Waals surface area contributed by atoms with E-state index in [9.17, 15) is 0 Å². The van der Waals surface area contributed by atoms with E-state index in [1.807, 2.05) is 17.9 Å². The Morgan fingerprint density at radius 1 is 1.08 bits per heavy atom. The zero-order valence-electron chi connectivity index (χ0n) is 14.2. The molecule has 1 aliphatic heterocycles. The number of aryl methyl sites for hydroxylation is 1. The molecule has 3 aromatic rings. The number of rotatable bonds is 3. The second-order valence-electron chi connectivity index (χ2n) is 6.74. The lowest BCUT2D eigenvalue weighted by Crippen LogP contribution is -2.28. The van der Waals surface area contributed by atoms with Gasteiger partial charge in [0.25, 0.3) is 0 Å². The van der Waals surface area contributed by atoms with Crippen LogP contribution in [0.2, 0.25) is 0 Å². The van der Waals surface area contributed by atoms with Gasteiger partial charge in [0.2, 0.25) is 0 Å². The first-order valence-electron chi connectivity index (χ1n) is 8.87. The molecule has 1 saturated heterocycles. The van der Waals surface area contributed by atoms with Crippen molar-refractivity contribution in [3.05, 3.63) is 60.0 Å². The summed E-state index contributed by atoms with van der Waals surface area (Å²) in [7, 11) is 2.00. The van der Waals surface area contributed by atoms with E-state index in [0.717, 1.165) is 18.6 Å². The Labute approximate surface area is 143 Å². The molecule has 0 amide bonds. The number of para-hydroxylation sites is 1. The number of fused-ring (bicyclic) bond motifs is 1. The normalized spacial score (nSPS) is 19.5. The van der Waals surface area contributed by atoms with Gasteiger partial charge in [0.05, 0.1) is 17.3 Å². The topological polar surface area (TPSA) is 34.0 Å².